The summed E-state index contributed by atoms with van der Waals surface area (Å²) < 4.78 is 4.95. The molecule has 2 unspecified atom stereocenters. The Morgan fingerprint density at radius 2 is 2.50 bits per heavy atom. The van der Waals surface area contributed by atoms with Gasteiger partial charge in [0.25, 0.3) is 0 Å². The minimum atomic E-state index is -0.126. The van der Waals surface area contributed by atoms with Gasteiger partial charge in [-0.05, 0) is 32.2 Å². The van der Waals surface area contributed by atoms with Crippen LogP contribution in [-0.2, 0) is 4.79 Å². The number of nitrogens with zero attached hydrogens (tertiary/aromatic N) is 1. The fourth-order valence-electron chi connectivity index (χ4n) is 2.02. The van der Waals surface area contributed by atoms with Crippen LogP contribution in [0.4, 0.5) is 5.88 Å². The smallest absolute Gasteiger partial charge is 0.244 e. The van der Waals surface area contributed by atoms with Gasteiger partial charge >= 0.3 is 0 Å². The van der Waals surface area contributed by atoms with Gasteiger partial charge in [0.05, 0.1) is 11.7 Å². The maximum Gasteiger partial charge on any atom is 0.244 e. The number of amides is 1. The molecule has 2 heterocycles. The number of hydrogen-bond acceptors (Lipinski definition) is 4. The molecule has 2 rings (SSSR count). The number of rotatable bonds is 2. The first-order chi connectivity index (χ1) is 7.66. The molecule has 1 fully saturated rings. The summed E-state index contributed by atoms with van der Waals surface area (Å²) in [7, 11) is 0. The van der Waals surface area contributed by atoms with Crippen LogP contribution in [0.5, 0.6) is 0 Å². The van der Waals surface area contributed by atoms with Gasteiger partial charge in [0.15, 0.2) is 0 Å². The summed E-state index contributed by atoms with van der Waals surface area (Å²) in [6.45, 7) is 4.81. The van der Waals surface area contributed by atoms with Crippen molar-refractivity contribution in [3.05, 3.63) is 11.8 Å². The molecule has 1 aromatic heterocycles. The Kier molecular flexibility index (Phi) is 3.24. The number of aromatic nitrogens is 1. The van der Waals surface area contributed by atoms with Gasteiger partial charge in [-0.15, -0.1) is 0 Å². The van der Waals surface area contributed by atoms with Crippen LogP contribution >= 0.6 is 0 Å². The molecular formula is C11H17N3O2. The van der Waals surface area contributed by atoms with E-state index < -0.39 is 0 Å². The first kappa shape index (κ1) is 11.1. The first-order valence-electron chi connectivity index (χ1n) is 5.64. The molecule has 0 radical (unpaired) electrons. The molecule has 0 spiro atoms. The van der Waals surface area contributed by atoms with Crippen LogP contribution in [0, 0.1) is 12.8 Å². The quantitative estimate of drug-likeness (QED) is 0.793. The summed E-state index contributed by atoms with van der Waals surface area (Å²) in [4.78, 5) is 11.9. The molecule has 0 aromatic carbocycles. The summed E-state index contributed by atoms with van der Waals surface area (Å²) in [5.41, 5.74) is 0.764. The predicted octanol–water partition coefficient (Wildman–Crippen LogP) is 1.31. The number of aryl methyl sites for hydroxylation is 1. The van der Waals surface area contributed by atoms with Crippen molar-refractivity contribution < 1.29 is 9.32 Å². The Morgan fingerprint density at radius 3 is 3.12 bits per heavy atom. The molecule has 1 aromatic rings. The fraction of sp³-hybridized carbons (Fsp3) is 0.636. The van der Waals surface area contributed by atoms with E-state index in [0.29, 0.717) is 11.8 Å². The van der Waals surface area contributed by atoms with E-state index in [1.165, 1.54) is 0 Å². The summed E-state index contributed by atoms with van der Waals surface area (Å²) in [5.74, 6) is 0.739. The summed E-state index contributed by atoms with van der Waals surface area (Å²) in [5, 5.41) is 9.68. The normalized spacial score (nSPS) is 25.4. The molecule has 1 amide bonds. The average Bonchev–Trinajstić information content (AvgIpc) is 2.64. The number of nitrogens with one attached hydrogen (secondary N) is 2. The second-order valence-electron chi connectivity index (χ2n) is 4.37. The summed E-state index contributed by atoms with van der Waals surface area (Å²) in [6.07, 6.45) is 2.22. The van der Waals surface area contributed by atoms with Crippen molar-refractivity contribution in [3.8, 4) is 0 Å². The van der Waals surface area contributed by atoms with E-state index in [1.54, 1.807) is 6.07 Å². The largest absolute Gasteiger partial charge is 0.338 e. The monoisotopic (exact) mass is 223 g/mol. The molecule has 88 valence electrons. The van der Waals surface area contributed by atoms with Crippen LogP contribution in [0.25, 0.3) is 0 Å². The van der Waals surface area contributed by atoms with Gasteiger partial charge in [-0.25, -0.2) is 0 Å². The first-order valence-corrected chi connectivity index (χ1v) is 5.64. The van der Waals surface area contributed by atoms with E-state index >= 15 is 0 Å². The zero-order valence-electron chi connectivity index (χ0n) is 9.62. The van der Waals surface area contributed by atoms with E-state index in [1.807, 2.05) is 6.92 Å². The topological polar surface area (TPSA) is 67.2 Å². The van der Waals surface area contributed by atoms with Crippen LogP contribution in [0.15, 0.2) is 10.6 Å². The Hall–Kier alpha value is -1.36. The number of carbonyl (C=O) groups excluding carboxylic acids is 1. The molecule has 1 saturated heterocycles. The van der Waals surface area contributed by atoms with Crippen LogP contribution in [0.1, 0.15) is 25.5 Å². The van der Waals surface area contributed by atoms with E-state index in [0.717, 1.165) is 25.1 Å². The number of anilines is 1. The van der Waals surface area contributed by atoms with Crippen molar-refractivity contribution in [2.24, 2.45) is 5.92 Å². The Morgan fingerprint density at radius 1 is 1.69 bits per heavy atom. The van der Waals surface area contributed by atoms with E-state index in [4.69, 9.17) is 4.52 Å². The molecule has 2 N–H and O–H groups in total. The Balaban J connectivity index is 1.96. The second-order valence-corrected chi connectivity index (χ2v) is 4.37. The van der Waals surface area contributed by atoms with Crippen molar-refractivity contribution in [2.75, 3.05) is 11.9 Å². The van der Waals surface area contributed by atoms with Crippen molar-refractivity contribution in [1.82, 2.24) is 10.5 Å². The standard InChI is InChI=1S/C11H17N3O2/c1-7-4-3-5-12-10(7)11(15)13-9-6-8(2)14-16-9/h6-7,10,12H,3-5H2,1-2H3,(H,13,15). The van der Waals surface area contributed by atoms with Gasteiger partial charge in [-0.3, -0.25) is 10.1 Å². The molecule has 0 saturated carbocycles. The maximum absolute atomic E-state index is 11.9. The van der Waals surface area contributed by atoms with Crippen molar-refractivity contribution in [1.29, 1.82) is 0 Å². The molecule has 5 nitrogen and oxygen atoms in total. The van der Waals surface area contributed by atoms with E-state index in [2.05, 4.69) is 22.7 Å². The zero-order valence-corrected chi connectivity index (χ0v) is 9.62. The minimum absolute atomic E-state index is 0.0386. The summed E-state index contributed by atoms with van der Waals surface area (Å²) in [6, 6.07) is 1.59. The lowest BCUT2D eigenvalue weighted by Gasteiger charge is -2.28. The van der Waals surface area contributed by atoms with Gasteiger partial charge < -0.3 is 9.84 Å². The zero-order chi connectivity index (χ0) is 11.5. The number of piperidine rings is 1. The van der Waals surface area contributed by atoms with Crippen molar-refractivity contribution in [2.45, 2.75) is 32.7 Å². The van der Waals surface area contributed by atoms with E-state index in [-0.39, 0.29) is 11.9 Å². The van der Waals surface area contributed by atoms with Crippen LogP contribution in [-0.4, -0.2) is 23.7 Å². The molecule has 0 bridgehead atoms. The third-order valence-electron chi connectivity index (χ3n) is 2.93. The van der Waals surface area contributed by atoms with Gasteiger partial charge in [-0.1, -0.05) is 12.1 Å². The highest BCUT2D eigenvalue weighted by Crippen LogP contribution is 2.17. The highest BCUT2D eigenvalue weighted by atomic mass is 16.5. The Bertz CT molecular complexity index is 375. The summed E-state index contributed by atoms with van der Waals surface area (Å²) >= 11 is 0. The van der Waals surface area contributed by atoms with Gasteiger partial charge in [-0.2, -0.15) is 0 Å². The molecule has 5 heteroatoms. The highest BCUT2D eigenvalue weighted by molar-refractivity contribution is 5.94. The SMILES string of the molecule is Cc1cc(NC(=O)C2NCCCC2C)on1. The van der Waals surface area contributed by atoms with Crippen LogP contribution in [0.3, 0.4) is 0 Å². The Labute approximate surface area is 94.6 Å². The molecule has 1 aliphatic heterocycles. The fourth-order valence-corrected chi connectivity index (χ4v) is 2.02. The average molecular weight is 223 g/mol. The minimum Gasteiger partial charge on any atom is -0.338 e. The lowest BCUT2D eigenvalue weighted by molar-refractivity contribution is -0.119. The van der Waals surface area contributed by atoms with Crippen LogP contribution < -0.4 is 10.6 Å². The van der Waals surface area contributed by atoms with Gasteiger partial charge in [0, 0.05) is 6.07 Å². The lowest BCUT2D eigenvalue weighted by Crippen LogP contribution is -2.48. The van der Waals surface area contributed by atoms with Crippen molar-refractivity contribution in [3.63, 3.8) is 0 Å². The van der Waals surface area contributed by atoms with E-state index in [9.17, 15) is 4.79 Å². The molecule has 0 aliphatic carbocycles. The van der Waals surface area contributed by atoms with Crippen molar-refractivity contribution >= 4 is 11.8 Å². The molecule has 2 atom stereocenters. The predicted molar refractivity (Wildman–Crippen MR) is 60.1 cm³/mol. The molecule has 1 aliphatic rings. The third kappa shape index (κ3) is 2.41. The number of carbonyl (C=O) groups is 1. The maximum atomic E-state index is 11.9. The molecule has 16 heavy (non-hydrogen) atoms. The van der Waals surface area contributed by atoms with Crippen LogP contribution in [0.2, 0.25) is 0 Å². The lowest BCUT2D eigenvalue weighted by atomic mass is 9.92. The second kappa shape index (κ2) is 4.65. The van der Waals surface area contributed by atoms with Gasteiger partial charge in [0.1, 0.15) is 0 Å². The highest BCUT2D eigenvalue weighted by Gasteiger charge is 2.27. The third-order valence-corrected chi connectivity index (χ3v) is 2.93. The number of hydrogen-bond donors (Lipinski definition) is 2. The van der Waals surface area contributed by atoms with Gasteiger partial charge in [0.2, 0.25) is 11.8 Å². The molecular weight excluding hydrogens is 206 g/mol.